The highest BCUT2D eigenvalue weighted by Crippen LogP contribution is 2.57. The van der Waals surface area contributed by atoms with Crippen molar-refractivity contribution >= 4 is 5.91 Å². The van der Waals surface area contributed by atoms with Gasteiger partial charge < -0.3 is 20.5 Å². The Balaban J connectivity index is 1.60. The number of ether oxygens (including phenoxy) is 2. The van der Waals surface area contributed by atoms with Crippen LogP contribution in [0.25, 0.3) is 0 Å². The first-order chi connectivity index (χ1) is 13.1. The zero-order valence-electron chi connectivity index (χ0n) is 15.6. The number of carbonyl (C=O) groups is 1. The molecule has 3 aliphatic carbocycles. The first-order valence-corrected chi connectivity index (χ1v) is 9.90. The molecule has 0 aromatic carbocycles. The third kappa shape index (κ3) is 2.52. The molecule has 2 aliphatic heterocycles. The van der Waals surface area contributed by atoms with Crippen LogP contribution in [-0.2, 0) is 14.3 Å². The topological polar surface area (TPSA) is 73.6 Å². The van der Waals surface area contributed by atoms with Crippen LogP contribution in [0.5, 0.6) is 0 Å². The second-order valence-electron chi connectivity index (χ2n) is 8.22. The van der Waals surface area contributed by atoms with Crippen molar-refractivity contribution in [2.75, 3.05) is 6.61 Å². The van der Waals surface area contributed by atoms with Crippen molar-refractivity contribution in [1.29, 1.82) is 0 Å². The molecule has 5 aliphatic rings. The molecule has 5 rings (SSSR count). The Kier molecular flexibility index (Phi) is 3.83. The number of hydrogen-bond acceptors (Lipinski definition) is 4. The maximum Gasteiger partial charge on any atom is 0.217 e. The van der Waals surface area contributed by atoms with Crippen molar-refractivity contribution < 1.29 is 14.3 Å². The molecule has 1 amide bonds. The third-order valence-corrected chi connectivity index (χ3v) is 6.56. The van der Waals surface area contributed by atoms with E-state index in [-0.39, 0.29) is 24.0 Å². The van der Waals surface area contributed by atoms with Gasteiger partial charge in [-0.25, -0.2) is 0 Å². The Morgan fingerprint density at radius 2 is 2.19 bits per heavy atom. The molecule has 5 nitrogen and oxygen atoms in total. The molecule has 0 saturated carbocycles. The summed E-state index contributed by atoms with van der Waals surface area (Å²) in [6.07, 6.45) is 18.0. The van der Waals surface area contributed by atoms with Crippen LogP contribution in [0.15, 0.2) is 59.6 Å². The fourth-order valence-corrected chi connectivity index (χ4v) is 5.48. The first kappa shape index (κ1) is 16.9. The van der Waals surface area contributed by atoms with Crippen LogP contribution in [0.2, 0.25) is 0 Å². The number of allylic oxidation sites excluding steroid dienone is 2. The molecular weight excluding hydrogens is 340 g/mol. The molecule has 3 N–H and O–H groups in total. The second-order valence-corrected chi connectivity index (χ2v) is 8.22. The van der Waals surface area contributed by atoms with E-state index in [0.717, 1.165) is 36.5 Å². The van der Waals surface area contributed by atoms with Crippen LogP contribution in [0.1, 0.15) is 26.2 Å². The van der Waals surface area contributed by atoms with Gasteiger partial charge in [-0.3, -0.25) is 4.79 Å². The molecule has 2 saturated heterocycles. The number of nitrogens with two attached hydrogens (primary N) is 1. The van der Waals surface area contributed by atoms with Crippen LogP contribution < -0.4 is 11.1 Å². The summed E-state index contributed by atoms with van der Waals surface area (Å²) in [5.41, 5.74) is 7.52. The van der Waals surface area contributed by atoms with Crippen molar-refractivity contribution in [2.24, 2.45) is 23.5 Å². The summed E-state index contributed by atoms with van der Waals surface area (Å²) in [6, 6.07) is -0.0468. The highest BCUT2D eigenvalue weighted by atomic mass is 16.5. The van der Waals surface area contributed by atoms with E-state index < -0.39 is 5.60 Å². The summed E-state index contributed by atoms with van der Waals surface area (Å²) in [5.74, 6) is 1.78. The molecule has 2 fully saturated rings. The van der Waals surface area contributed by atoms with Gasteiger partial charge in [-0.05, 0) is 43.4 Å². The van der Waals surface area contributed by atoms with Gasteiger partial charge in [0.1, 0.15) is 17.5 Å². The maximum atomic E-state index is 11.5. The molecule has 6 unspecified atom stereocenters. The summed E-state index contributed by atoms with van der Waals surface area (Å²) < 4.78 is 13.0. The average Bonchev–Trinajstić information content (AvgIpc) is 3.01. The minimum atomic E-state index is -0.411. The van der Waals surface area contributed by atoms with Gasteiger partial charge in [0.15, 0.2) is 0 Å². The summed E-state index contributed by atoms with van der Waals surface area (Å²) >= 11 is 0. The first-order valence-electron chi connectivity index (χ1n) is 9.90. The van der Waals surface area contributed by atoms with Gasteiger partial charge in [0.25, 0.3) is 0 Å². The second kappa shape index (κ2) is 6.13. The Hall–Kier alpha value is -2.27. The molecular formula is C22H26N2O3. The van der Waals surface area contributed by atoms with E-state index in [1.165, 1.54) is 6.42 Å². The summed E-state index contributed by atoms with van der Waals surface area (Å²) in [5, 5.41) is 2.98. The van der Waals surface area contributed by atoms with Gasteiger partial charge in [-0.2, -0.15) is 0 Å². The highest BCUT2D eigenvalue weighted by Gasteiger charge is 2.61. The zero-order valence-corrected chi connectivity index (χ0v) is 15.6. The predicted molar refractivity (Wildman–Crippen MR) is 102 cm³/mol. The number of nitrogens with one attached hydrogen (secondary N) is 1. The van der Waals surface area contributed by atoms with Gasteiger partial charge in [0.2, 0.25) is 5.91 Å². The van der Waals surface area contributed by atoms with Gasteiger partial charge in [-0.1, -0.05) is 24.3 Å². The normalized spacial score (nSPS) is 41.5. The minimum Gasteiger partial charge on any atom is -0.485 e. The molecule has 0 aromatic rings. The smallest absolute Gasteiger partial charge is 0.217 e. The number of hydrogen-bond donors (Lipinski definition) is 2. The predicted octanol–water partition coefficient (Wildman–Crippen LogP) is 2.48. The van der Waals surface area contributed by atoms with Crippen molar-refractivity contribution in [3.63, 3.8) is 0 Å². The quantitative estimate of drug-likeness (QED) is 0.699. The molecule has 142 valence electrons. The molecule has 6 atom stereocenters. The monoisotopic (exact) mass is 366 g/mol. The van der Waals surface area contributed by atoms with Gasteiger partial charge in [0.05, 0.1) is 18.6 Å². The van der Waals surface area contributed by atoms with Gasteiger partial charge in [0, 0.05) is 24.1 Å². The minimum absolute atomic E-state index is 0.0331. The SMILES string of the molecule is CC(=O)NC1C=C2OC3C=C(N)C=CC3C3(OCC4CCC=CC43)C2=CC1. The summed E-state index contributed by atoms with van der Waals surface area (Å²) in [7, 11) is 0. The van der Waals surface area contributed by atoms with Crippen LogP contribution in [0.4, 0.5) is 0 Å². The van der Waals surface area contributed by atoms with E-state index in [4.69, 9.17) is 15.2 Å². The fourth-order valence-electron chi connectivity index (χ4n) is 5.48. The van der Waals surface area contributed by atoms with Gasteiger partial charge in [-0.15, -0.1) is 0 Å². The molecule has 0 bridgehead atoms. The van der Waals surface area contributed by atoms with Crippen molar-refractivity contribution in [2.45, 2.75) is 43.9 Å². The Morgan fingerprint density at radius 1 is 1.30 bits per heavy atom. The van der Waals surface area contributed by atoms with E-state index in [1.54, 1.807) is 6.92 Å². The van der Waals surface area contributed by atoms with Crippen molar-refractivity contribution in [1.82, 2.24) is 5.32 Å². The third-order valence-electron chi connectivity index (χ3n) is 6.56. The lowest BCUT2D eigenvalue weighted by molar-refractivity contribution is -0.119. The molecule has 27 heavy (non-hydrogen) atoms. The Labute approximate surface area is 159 Å². The lowest BCUT2D eigenvalue weighted by Crippen LogP contribution is -2.55. The number of fused-ring (bicyclic) bond motifs is 6. The summed E-state index contributed by atoms with van der Waals surface area (Å²) in [4.78, 5) is 11.5. The molecule has 0 aromatic heterocycles. The Bertz CT molecular complexity index is 821. The van der Waals surface area contributed by atoms with Gasteiger partial charge >= 0.3 is 0 Å². The van der Waals surface area contributed by atoms with E-state index in [9.17, 15) is 4.79 Å². The lowest BCUT2D eigenvalue weighted by atomic mass is 9.62. The highest BCUT2D eigenvalue weighted by molar-refractivity contribution is 5.73. The summed E-state index contributed by atoms with van der Waals surface area (Å²) in [6.45, 7) is 2.33. The van der Waals surface area contributed by atoms with Crippen LogP contribution >= 0.6 is 0 Å². The number of amides is 1. The maximum absolute atomic E-state index is 11.5. The molecule has 0 radical (unpaired) electrons. The van der Waals surface area contributed by atoms with Crippen LogP contribution in [-0.4, -0.2) is 30.3 Å². The fraction of sp³-hybridized carbons (Fsp3) is 0.500. The van der Waals surface area contributed by atoms with E-state index in [0.29, 0.717) is 11.8 Å². The standard InChI is InChI=1S/C22H26N2O3/c1-13(25)24-16-7-9-19-21(11-16)27-20-10-15(23)6-8-18(20)22(19)17-5-3-2-4-14(17)12-26-22/h3,5-6,8-11,14,16-18,20H,2,4,7,12,23H2,1H3,(H,24,25). The molecule has 1 spiro atoms. The van der Waals surface area contributed by atoms with E-state index in [1.807, 2.05) is 18.2 Å². The number of carbonyl (C=O) groups excluding carboxylic acids is 1. The number of rotatable bonds is 1. The van der Waals surface area contributed by atoms with E-state index >= 15 is 0 Å². The molecule has 2 heterocycles. The Morgan fingerprint density at radius 3 is 3.04 bits per heavy atom. The lowest BCUT2D eigenvalue weighted by Gasteiger charge is -2.51. The van der Waals surface area contributed by atoms with E-state index in [2.05, 4.69) is 29.6 Å². The van der Waals surface area contributed by atoms with Crippen LogP contribution in [0, 0.1) is 17.8 Å². The largest absolute Gasteiger partial charge is 0.485 e. The zero-order chi connectivity index (χ0) is 18.6. The average molecular weight is 366 g/mol. The molecule has 5 heteroatoms. The van der Waals surface area contributed by atoms with Crippen molar-refractivity contribution in [3.05, 3.63) is 59.6 Å². The van der Waals surface area contributed by atoms with Crippen molar-refractivity contribution in [3.8, 4) is 0 Å². The van der Waals surface area contributed by atoms with Crippen LogP contribution in [0.3, 0.4) is 0 Å².